The minimum atomic E-state index is -0.837. The first-order valence-corrected chi connectivity index (χ1v) is 8.77. The number of hydrogen-bond acceptors (Lipinski definition) is 5. The molecule has 1 saturated heterocycles. The summed E-state index contributed by atoms with van der Waals surface area (Å²) < 4.78 is 46.5. The summed E-state index contributed by atoms with van der Waals surface area (Å²) in [5, 5.41) is 12.6. The third-order valence-corrected chi connectivity index (χ3v) is 4.74. The number of hydrogen-bond donors (Lipinski definition) is 0. The normalized spacial score (nSPS) is 16.1. The summed E-state index contributed by atoms with van der Waals surface area (Å²) in [6.07, 6.45) is 1.15. The van der Waals surface area contributed by atoms with Crippen molar-refractivity contribution in [1.29, 1.82) is 5.26 Å². The minimum Gasteiger partial charge on any atom is -0.337 e. The van der Waals surface area contributed by atoms with Gasteiger partial charge >= 0.3 is 0 Å². The molecule has 0 N–H and O–H groups in total. The second kappa shape index (κ2) is 7.39. The van der Waals surface area contributed by atoms with Crippen LogP contribution in [-0.2, 0) is 0 Å². The van der Waals surface area contributed by atoms with Gasteiger partial charge in [0, 0.05) is 12.6 Å². The van der Waals surface area contributed by atoms with E-state index in [4.69, 9.17) is 9.78 Å². The summed E-state index contributed by atoms with van der Waals surface area (Å²) in [6, 6.07) is 7.83. The first-order valence-electron chi connectivity index (χ1n) is 8.77. The molecule has 1 aliphatic heterocycles. The van der Waals surface area contributed by atoms with Gasteiger partial charge in [-0.2, -0.15) is 10.2 Å². The molecule has 6 nitrogen and oxygen atoms in total. The van der Waals surface area contributed by atoms with Crippen LogP contribution in [0, 0.1) is 28.8 Å². The van der Waals surface area contributed by atoms with Crippen molar-refractivity contribution in [3.63, 3.8) is 0 Å². The first-order chi connectivity index (χ1) is 14.0. The van der Waals surface area contributed by atoms with E-state index in [1.807, 2.05) is 6.07 Å². The molecule has 0 aliphatic carbocycles. The molecule has 0 saturated carbocycles. The smallest absolute Gasteiger partial charge is 0.257 e. The molecule has 146 valence electrons. The summed E-state index contributed by atoms with van der Waals surface area (Å²) in [5.74, 6) is -2.91. The van der Waals surface area contributed by atoms with E-state index >= 15 is 0 Å². The van der Waals surface area contributed by atoms with Gasteiger partial charge in [-0.15, -0.1) is 0 Å². The van der Waals surface area contributed by atoms with Crippen LogP contribution in [-0.4, -0.2) is 27.5 Å². The number of amides is 1. The summed E-state index contributed by atoms with van der Waals surface area (Å²) in [6.45, 7) is 0.353. The van der Waals surface area contributed by atoms with Crippen molar-refractivity contribution < 1.29 is 22.5 Å². The molecular weight excluding hydrogens is 385 g/mol. The second-order valence-electron chi connectivity index (χ2n) is 6.54. The van der Waals surface area contributed by atoms with Crippen LogP contribution < -0.4 is 0 Å². The van der Waals surface area contributed by atoms with Crippen molar-refractivity contribution in [2.45, 2.75) is 18.9 Å². The second-order valence-corrected chi connectivity index (χ2v) is 6.54. The van der Waals surface area contributed by atoms with E-state index in [1.54, 1.807) is 0 Å². The van der Waals surface area contributed by atoms with E-state index in [0.29, 0.717) is 25.5 Å². The molecule has 1 aliphatic rings. The van der Waals surface area contributed by atoms with Crippen molar-refractivity contribution in [2.75, 3.05) is 6.54 Å². The Kier molecular flexibility index (Phi) is 4.76. The fourth-order valence-corrected chi connectivity index (χ4v) is 3.33. The van der Waals surface area contributed by atoms with Crippen LogP contribution in [0.3, 0.4) is 0 Å². The number of carbonyl (C=O) groups excluding carboxylic acids is 1. The van der Waals surface area contributed by atoms with Gasteiger partial charge in [-0.25, -0.2) is 13.2 Å². The molecule has 1 aromatic heterocycles. The molecule has 9 heteroatoms. The van der Waals surface area contributed by atoms with Gasteiger partial charge in [-0.3, -0.25) is 4.79 Å². The number of nitriles is 1. The van der Waals surface area contributed by atoms with Crippen molar-refractivity contribution in [2.24, 2.45) is 0 Å². The quantitative estimate of drug-likeness (QED) is 0.666. The Morgan fingerprint density at radius 3 is 2.72 bits per heavy atom. The highest BCUT2D eigenvalue weighted by Gasteiger charge is 2.35. The predicted molar refractivity (Wildman–Crippen MR) is 93.8 cm³/mol. The van der Waals surface area contributed by atoms with Crippen LogP contribution in [0.25, 0.3) is 11.4 Å². The van der Waals surface area contributed by atoms with Crippen LogP contribution in [0.2, 0.25) is 0 Å². The summed E-state index contributed by atoms with van der Waals surface area (Å²) in [5.41, 5.74) is -0.0875. The van der Waals surface area contributed by atoms with Gasteiger partial charge in [0.1, 0.15) is 23.5 Å². The number of aromatic nitrogens is 2. The molecule has 1 atom stereocenters. The van der Waals surface area contributed by atoms with Crippen molar-refractivity contribution in [1.82, 2.24) is 15.0 Å². The summed E-state index contributed by atoms with van der Waals surface area (Å²) in [4.78, 5) is 18.4. The molecule has 4 rings (SSSR count). The average Bonchev–Trinajstić information content (AvgIpc) is 3.36. The highest BCUT2D eigenvalue weighted by atomic mass is 19.1. The topological polar surface area (TPSA) is 83.0 Å². The molecule has 3 aromatic rings. The third kappa shape index (κ3) is 3.45. The van der Waals surface area contributed by atoms with Gasteiger partial charge in [0.25, 0.3) is 5.91 Å². The van der Waals surface area contributed by atoms with Gasteiger partial charge in [0.15, 0.2) is 0 Å². The van der Waals surface area contributed by atoms with Crippen molar-refractivity contribution >= 4 is 5.91 Å². The zero-order valence-electron chi connectivity index (χ0n) is 14.9. The van der Waals surface area contributed by atoms with Gasteiger partial charge in [-0.05, 0) is 43.2 Å². The summed E-state index contributed by atoms with van der Waals surface area (Å²) in [7, 11) is 0. The molecule has 0 unspecified atom stereocenters. The minimum absolute atomic E-state index is 0.0320. The number of carbonyl (C=O) groups is 1. The average molecular weight is 398 g/mol. The molecule has 2 aromatic carbocycles. The highest BCUT2D eigenvalue weighted by Crippen LogP contribution is 2.34. The maximum absolute atomic E-state index is 14.3. The van der Waals surface area contributed by atoms with E-state index in [9.17, 15) is 18.0 Å². The lowest BCUT2D eigenvalue weighted by Gasteiger charge is -2.22. The van der Waals surface area contributed by atoms with E-state index in [2.05, 4.69) is 10.1 Å². The number of benzene rings is 2. The lowest BCUT2D eigenvalue weighted by molar-refractivity contribution is 0.0705. The van der Waals surface area contributed by atoms with Gasteiger partial charge < -0.3 is 9.42 Å². The van der Waals surface area contributed by atoms with E-state index in [-0.39, 0.29) is 28.4 Å². The Bertz CT molecular complexity index is 1140. The Balaban J connectivity index is 1.62. The van der Waals surface area contributed by atoms with Gasteiger partial charge in [0.2, 0.25) is 11.7 Å². The number of likely N-dealkylation sites (tertiary alicyclic amines) is 1. The zero-order valence-corrected chi connectivity index (χ0v) is 14.9. The predicted octanol–water partition coefficient (Wildman–Crippen LogP) is 4.00. The fourth-order valence-electron chi connectivity index (χ4n) is 3.33. The standard InChI is InChI=1S/C20H13F3N4O2/c21-12-4-6-13(16(23)9-12)18-25-19(29-26-18)17-2-1-7-27(17)20(28)14-5-3-11(10-24)8-15(14)22/h3-6,8-9,17H,1-2,7H2/t17-/m0/s1. The molecule has 0 radical (unpaired) electrons. The van der Waals surface area contributed by atoms with Crippen molar-refractivity contribution in [3.8, 4) is 17.5 Å². The van der Waals surface area contributed by atoms with Gasteiger partial charge in [-0.1, -0.05) is 5.16 Å². The Hall–Kier alpha value is -3.67. The van der Waals surface area contributed by atoms with Crippen LogP contribution in [0.5, 0.6) is 0 Å². The van der Waals surface area contributed by atoms with Crippen LogP contribution >= 0.6 is 0 Å². The molecule has 2 heterocycles. The Morgan fingerprint density at radius 1 is 1.17 bits per heavy atom. The monoisotopic (exact) mass is 398 g/mol. The first kappa shape index (κ1) is 18.7. The molecule has 1 amide bonds. The third-order valence-electron chi connectivity index (χ3n) is 4.74. The van der Waals surface area contributed by atoms with Crippen LogP contribution in [0.4, 0.5) is 13.2 Å². The fraction of sp³-hybridized carbons (Fsp3) is 0.200. The van der Waals surface area contributed by atoms with E-state index in [1.165, 1.54) is 23.1 Å². The SMILES string of the molecule is N#Cc1ccc(C(=O)N2CCC[C@H]2c2nc(-c3ccc(F)cc3F)no2)c(F)c1. The lowest BCUT2D eigenvalue weighted by atomic mass is 10.1. The molecule has 0 spiro atoms. The zero-order chi connectivity index (χ0) is 20.5. The Morgan fingerprint density at radius 2 is 2.00 bits per heavy atom. The Labute approximate surface area is 163 Å². The van der Waals surface area contributed by atoms with Gasteiger partial charge in [0.05, 0.1) is 22.8 Å². The van der Waals surface area contributed by atoms with Crippen LogP contribution in [0.15, 0.2) is 40.9 Å². The molecule has 29 heavy (non-hydrogen) atoms. The molecule has 0 bridgehead atoms. The van der Waals surface area contributed by atoms with Crippen molar-refractivity contribution in [3.05, 3.63) is 70.9 Å². The van der Waals surface area contributed by atoms with Crippen LogP contribution in [0.1, 0.15) is 40.7 Å². The molecule has 1 fully saturated rings. The number of nitrogens with zero attached hydrogens (tertiary/aromatic N) is 4. The number of rotatable bonds is 3. The van der Waals surface area contributed by atoms with E-state index < -0.39 is 29.4 Å². The maximum atomic E-state index is 14.3. The van der Waals surface area contributed by atoms with E-state index in [0.717, 1.165) is 12.1 Å². The summed E-state index contributed by atoms with van der Waals surface area (Å²) >= 11 is 0. The maximum Gasteiger partial charge on any atom is 0.257 e. The highest BCUT2D eigenvalue weighted by molar-refractivity contribution is 5.95. The lowest BCUT2D eigenvalue weighted by Crippen LogP contribution is -2.31. The molecular formula is C20H13F3N4O2. The number of halogens is 3. The largest absolute Gasteiger partial charge is 0.337 e.